The van der Waals surface area contributed by atoms with Crippen LogP contribution >= 0.6 is 0 Å². The zero-order chi connectivity index (χ0) is 100. The lowest BCUT2D eigenvalue weighted by atomic mass is 9.71. The number of aryl methyl sites for hydroxylation is 5. The lowest BCUT2D eigenvalue weighted by molar-refractivity contribution is 0.0606. The van der Waals surface area contributed by atoms with Gasteiger partial charge in [0.2, 0.25) is 0 Å². The largest absolute Gasteiger partial charge is 0.347 e. The average Bonchev–Trinajstić information content (AvgIpc) is 1.52. The molecule has 0 amide bonds. The molecule has 0 radical (unpaired) electrons. The third kappa shape index (κ3) is 14.8. The van der Waals surface area contributed by atoms with Gasteiger partial charge in [-0.25, -0.2) is 0 Å². The number of allylic oxidation sites excluding steroid dienone is 5. The van der Waals surface area contributed by atoms with Gasteiger partial charge in [0.05, 0.1) is 73.7 Å². The number of anilines is 5. The van der Waals surface area contributed by atoms with E-state index in [2.05, 4.69) is 391 Å². The maximum atomic E-state index is 9.62. The van der Waals surface area contributed by atoms with Crippen LogP contribution in [0.25, 0.3) is 28.5 Å². The van der Waals surface area contributed by atoms with Crippen LogP contribution in [0.4, 0.5) is 28.4 Å². The predicted molar refractivity (Wildman–Crippen MR) is 577 cm³/mol. The Morgan fingerprint density at radius 2 is 0.647 bits per heavy atom. The third-order valence-corrected chi connectivity index (χ3v) is 31.0. The predicted octanol–water partition coefficient (Wildman–Crippen LogP) is 30.8. The van der Waals surface area contributed by atoms with Crippen molar-refractivity contribution in [2.75, 3.05) is 44.4 Å². The maximum Gasteiger partial charge on any atom is 0.133 e. The van der Waals surface area contributed by atoms with Crippen molar-refractivity contribution in [3.8, 4) is 0 Å². The Kier molecular flexibility index (Phi) is 21.6. The molecule has 15 aromatic rings. The minimum Gasteiger partial charge on any atom is -0.347 e. The van der Waals surface area contributed by atoms with Crippen LogP contribution in [-0.4, -0.2) is 44.4 Å². The average molecular weight is 1820 g/mol. The Hall–Kier alpha value is -15.0. The van der Waals surface area contributed by atoms with Gasteiger partial charge in [0.15, 0.2) is 0 Å². The lowest BCUT2D eigenvalue weighted by Crippen LogP contribution is -2.48. The molecule has 0 saturated heterocycles. The fourth-order valence-electron chi connectivity index (χ4n) is 24.4. The molecule has 26 rings (SSSR count). The number of para-hydroxylation sites is 5. The Bertz CT molecular complexity index is 7610. The zero-order valence-corrected chi connectivity index (χ0v) is 82.0. The van der Waals surface area contributed by atoms with Gasteiger partial charge in [-0.1, -0.05) is 383 Å². The second-order valence-corrected chi connectivity index (χ2v) is 39.3. The molecule has 7 unspecified atom stereocenters. The van der Waals surface area contributed by atoms with Gasteiger partial charge in [-0.15, -0.1) is 0 Å². The molecular weight excluding hydrogens is 1690 g/mol. The summed E-state index contributed by atoms with van der Waals surface area (Å²) in [6.07, 6.45) is 7.02. The van der Waals surface area contributed by atoms with E-state index in [1.165, 1.54) is 139 Å². The van der Waals surface area contributed by atoms with Crippen LogP contribution in [-0.2, 0) is 23.1 Å². The highest BCUT2D eigenvalue weighted by Crippen LogP contribution is 2.64. The highest BCUT2D eigenvalue weighted by atomic mass is 15.5. The quantitative estimate of drug-likeness (QED) is 0.125. The molecule has 10 aliphatic heterocycles. The Labute approximate surface area is 832 Å². The Balaban J connectivity index is 0.000000104. The molecule has 0 N–H and O–H groups in total. The van der Waals surface area contributed by atoms with Crippen LogP contribution in [0.15, 0.2) is 423 Å². The summed E-state index contributed by atoms with van der Waals surface area (Å²) in [5.74, 6) is 0.667. The van der Waals surface area contributed by atoms with Crippen LogP contribution in [0.2, 0.25) is 0 Å². The smallest absolute Gasteiger partial charge is 0.133 e. The van der Waals surface area contributed by atoms with Crippen molar-refractivity contribution in [2.24, 2.45) is 5.92 Å². The number of rotatable bonds is 11. The van der Waals surface area contributed by atoms with E-state index in [4.69, 9.17) is 5.48 Å². The number of fused-ring (bicyclic) bond motifs is 15. The third-order valence-electron chi connectivity index (χ3n) is 31.0. The second kappa shape index (κ2) is 36.5. The molecule has 1 saturated carbocycles. The van der Waals surface area contributed by atoms with E-state index in [1.54, 1.807) is 4.90 Å². The van der Waals surface area contributed by atoms with E-state index in [9.17, 15) is 2.74 Å². The molecule has 10 heterocycles. The summed E-state index contributed by atoms with van der Waals surface area (Å²) in [4.78, 5) is 22.6. The summed E-state index contributed by atoms with van der Waals surface area (Å²) in [7, 11) is 0. The zero-order valence-electron chi connectivity index (χ0n) is 88.0. The molecule has 692 valence electrons. The number of hydrogen-bond acceptors (Lipinski definition) is 10. The molecule has 1 aliphatic carbocycles. The van der Waals surface area contributed by atoms with Crippen molar-refractivity contribution >= 4 is 56.9 Å². The first-order chi connectivity index (χ1) is 70.3. The van der Waals surface area contributed by atoms with Gasteiger partial charge in [-0.2, -0.15) is 0 Å². The van der Waals surface area contributed by atoms with E-state index in [0.29, 0.717) is 11.5 Å². The first-order valence-corrected chi connectivity index (χ1v) is 49.6. The Morgan fingerprint density at radius 1 is 0.288 bits per heavy atom. The second-order valence-electron chi connectivity index (χ2n) is 39.3. The van der Waals surface area contributed by atoms with Gasteiger partial charge in [-0.3, -0.25) is 0 Å². The molecule has 1 fully saturated rings. The minimum absolute atomic E-state index is 0.00838. The van der Waals surface area contributed by atoms with Gasteiger partial charge in [0.25, 0.3) is 0 Å². The molecule has 0 bridgehead atoms. The lowest BCUT2D eigenvalue weighted by Gasteiger charge is -2.48. The SMILES string of the molecule is CC1=C2c3ccccc3C(C)(C)N2C(c2ccccc2)N1c1ccccc1C.CC1=C2c3ccccc3C(C)(C3CCCCC3)N2C(c2ccccc2)N1c1ccccc1C.[2H]C1N(c2ccccc2C)C(C)=C2c3ccccc3C([2H])([2H])N21.[2H]C1N(c2ccccc2C)C(C)=C2c3ccccc3C([2H])(c3ccccc3)N21.[2H]C1N(c2ccccc2C)C(C)=C2c3ccccc3C(c3ccccc3)(c3ccccc3)N21. The fourth-order valence-corrected chi connectivity index (χ4v) is 24.4. The van der Waals surface area contributed by atoms with Crippen LogP contribution < -0.4 is 24.5 Å². The molecule has 11 aliphatic rings. The van der Waals surface area contributed by atoms with Crippen molar-refractivity contribution in [2.45, 2.75) is 164 Å². The standard InChI is InChI=1S/C31H34N2.C30H26N2.C26H26N2.C24H22N2.C18H18N2/c1-22-14-10-13-21-28(22)32-23(2)29-26-19-11-12-20-27(26)31(3,25-17-8-5-9-18-25)33(29)30(32)24-15-6-4-7-16-24;1-22-13-9-12-20-28(22)31-21-32-29(23(31)2)26-18-10-11-19-27(26)30(32,24-14-5-3-6-15-24)25-16-7-4-8-17-25;1-18-12-8-11-17-23(18)27-19(2)24-21-15-9-10-16-22(21)26(3,4)28(24)25(27)20-13-6-5-7-14-20;1-17-10-6-9-15-22(17)25-16-26-23(18(25)2)20-13-7-8-14-21(20)24(26)19-11-4-3-5-12-19;1-13-7-3-6-10-17(13)20-12-19-11-15-8-4-5-9-16(15)18(19)14(20)2/h4,6-7,10-16,19-21,25,30H,5,8-9,17-18H2,1-3H3;3-20H,21H2,1-2H3;5-17,25H,1-4H3;3-15,24H,16H2,1-2H3;3-10H,11-12H2,1-2H3/i;21D;;16D,24D;11D2,12D. The van der Waals surface area contributed by atoms with Crippen molar-refractivity contribution in [1.82, 2.24) is 24.5 Å². The molecule has 139 heavy (non-hydrogen) atoms. The number of benzene rings is 15. The van der Waals surface area contributed by atoms with Crippen molar-refractivity contribution in [3.05, 3.63) is 534 Å². The van der Waals surface area contributed by atoms with E-state index in [0.717, 1.165) is 84.6 Å². The summed E-state index contributed by atoms with van der Waals surface area (Å²) in [6.45, 7) is 24.9. The molecule has 10 nitrogen and oxygen atoms in total. The molecule has 0 aromatic heterocycles. The van der Waals surface area contributed by atoms with Crippen LogP contribution in [0.3, 0.4) is 0 Å². The van der Waals surface area contributed by atoms with E-state index in [-0.39, 0.29) is 23.4 Å². The van der Waals surface area contributed by atoms with E-state index < -0.39 is 38.0 Å². The van der Waals surface area contributed by atoms with Crippen LogP contribution in [0.1, 0.15) is 225 Å². The van der Waals surface area contributed by atoms with Gasteiger partial charge < -0.3 is 49.0 Å². The van der Waals surface area contributed by atoms with Gasteiger partial charge in [0, 0.05) is 91.2 Å². The van der Waals surface area contributed by atoms with E-state index >= 15 is 0 Å². The van der Waals surface area contributed by atoms with Crippen LogP contribution in [0.5, 0.6) is 0 Å². The Morgan fingerprint density at radius 3 is 1.15 bits per heavy atom. The highest BCUT2D eigenvalue weighted by molar-refractivity contribution is 5.89. The fraction of sp³-hybridized carbons (Fsp3) is 0.225. The first-order valence-electron chi connectivity index (χ1n) is 52.8. The summed E-state index contributed by atoms with van der Waals surface area (Å²) < 4.78 is 54.1. The van der Waals surface area contributed by atoms with Gasteiger partial charge in [-0.05, 0) is 223 Å². The van der Waals surface area contributed by atoms with Crippen molar-refractivity contribution in [1.29, 1.82) is 0 Å². The molecule has 0 spiro atoms. The summed E-state index contributed by atoms with van der Waals surface area (Å²) >= 11 is 0. The molecule has 15 aromatic carbocycles. The van der Waals surface area contributed by atoms with Crippen LogP contribution in [0, 0.1) is 40.5 Å². The van der Waals surface area contributed by atoms with Gasteiger partial charge in [0.1, 0.15) is 17.9 Å². The van der Waals surface area contributed by atoms with Crippen molar-refractivity contribution in [3.63, 3.8) is 0 Å². The van der Waals surface area contributed by atoms with E-state index in [1.807, 2.05) is 138 Å². The van der Waals surface area contributed by atoms with Gasteiger partial charge >= 0.3 is 0 Å². The molecular formula is C129H126N10. The highest BCUT2D eigenvalue weighted by Gasteiger charge is 2.59. The summed E-state index contributed by atoms with van der Waals surface area (Å²) in [5.41, 5.74) is 40.1. The molecule has 10 heteroatoms. The monoisotopic (exact) mass is 1820 g/mol. The minimum atomic E-state index is -1.67. The summed E-state index contributed by atoms with van der Waals surface area (Å²) in [5, 5.41) is 0. The normalized spacial score (nSPS) is 22.6. The van der Waals surface area contributed by atoms with Crippen molar-refractivity contribution < 1.29 is 8.22 Å². The maximum absolute atomic E-state index is 9.62. The summed E-state index contributed by atoms with van der Waals surface area (Å²) in [6, 6.07) is 137. The number of hydrogen-bond donors (Lipinski definition) is 0. The number of nitrogens with zero attached hydrogens (tertiary/aromatic N) is 10. The molecule has 7 atom stereocenters. The topological polar surface area (TPSA) is 32.4 Å². The first kappa shape index (κ1) is 82.3.